The highest BCUT2D eigenvalue weighted by atomic mass is 16.7. The van der Waals surface area contributed by atoms with E-state index in [0.29, 0.717) is 17.9 Å². The van der Waals surface area contributed by atoms with Crippen molar-refractivity contribution in [2.75, 3.05) is 21.3 Å². The number of carbonyl (C=O) groups is 1. The quantitative estimate of drug-likeness (QED) is 0.770. The lowest BCUT2D eigenvalue weighted by Gasteiger charge is -2.43. The van der Waals surface area contributed by atoms with Crippen LogP contribution in [0, 0.1) is 0 Å². The molecular weight excluding hydrogens is 290 g/mol. The van der Waals surface area contributed by atoms with Crippen molar-refractivity contribution < 1.29 is 28.8 Å². The van der Waals surface area contributed by atoms with Crippen molar-refractivity contribution in [3.63, 3.8) is 0 Å². The highest BCUT2D eigenvalue weighted by Gasteiger charge is 2.51. The number of benzene rings is 1. The number of amides is 1. The highest BCUT2D eigenvalue weighted by molar-refractivity contribution is 5.72. The number of aliphatic hydroxyl groups is 1. The van der Waals surface area contributed by atoms with E-state index in [1.807, 2.05) is 6.07 Å². The van der Waals surface area contributed by atoms with Gasteiger partial charge >= 0.3 is 0 Å². The Morgan fingerprint density at radius 3 is 2.59 bits per heavy atom. The Morgan fingerprint density at radius 2 is 2.05 bits per heavy atom. The first kappa shape index (κ1) is 16.7. The molecule has 1 aliphatic heterocycles. The van der Waals surface area contributed by atoms with Crippen molar-refractivity contribution in [3.05, 3.63) is 29.3 Å². The van der Waals surface area contributed by atoms with Crippen LogP contribution in [0.5, 0.6) is 5.75 Å². The Balaban J connectivity index is 2.44. The number of aliphatic hydroxyl groups excluding tert-OH is 1. The summed E-state index contributed by atoms with van der Waals surface area (Å²) in [6, 6.07) is 5.32. The van der Waals surface area contributed by atoms with E-state index in [2.05, 4.69) is 5.32 Å². The van der Waals surface area contributed by atoms with Crippen molar-refractivity contribution in [3.8, 4) is 5.75 Å². The van der Waals surface area contributed by atoms with Gasteiger partial charge in [0.1, 0.15) is 5.75 Å². The van der Waals surface area contributed by atoms with Gasteiger partial charge in [-0.25, -0.2) is 0 Å². The summed E-state index contributed by atoms with van der Waals surface area (Å²) in [6.07, 6.45) is -2.08. The van der Waals surface area contributed by atoms with E-state index < -0.39 is 18.2 Å². The average Bonchev–Trinajstić information content (AvgIpc) is 2.53. The van der Waals surface area contributed by atoms with Gasteiger partial charge in [0, 0.05) is 34.8 Å². The predicted molar refractivity (Wildman–Crippen MR) is 77.1 cm³/mol. The fourth-order valence-electron chi connectivity index (χ4n) is 2.54. The van der Waals surface area contributed by atoms with Crippen molar-refractivity contribution >= 4 is 5.91 Å². The topological polar surface area (TPSA) is 86.3 Å². The maximum absolute atomic E-state index is 11.0. The minimum Gasteiger partial charge on any atom is -0.461 e. The number of hydrogen-bond donors (Lipinski definition) is 2. The van der Waals surface area contributed by atoms with Crippen LogP contribution in [-0.2, 0) is 31.3 Å². The van der Waals surface area contributed by atoms with Gasteiger partial charge in [-0.2, -0.15) is 0 Å². The first-order valence-electron chi connectivity index (χ1n) is 6.84. The third-order valence-electron chi connectivity index (χ3n) is 3.69. The molecule has 1 aromatic rings. The summed E-state index contributed by atoms with van der Waals surface area (Å²) >= 11 is 0. The minimum absolute atomic E-state index is 0.127. The molecule has 0 spiro atoms. The zero-order valence-electron chi connectivity index (χ0n) is 13.1. The van der Waals surface area contributed by atoms with E-state index in [9.17, 15) is 9.90 Å². The van der Waals surface area contributed by atoms with Crippen LogP contribution in [-0.4, -0.2) is 44.7 Å². The Hall–Kier alpha value is -1.67. The zero-order chi connectivity index (χ0) is 16.3. The molecule has 7 heteroatoms. The maximum Gasteiger partial charge on any atom is 0.231 e. The van der Waals surface area contributed by atoms with Crippen LogP contribution in [0.3, 0.4) is 0 Å². The van der Waals surface area contributed by atoms with E-state index in [0.717, 1.165) is 5.56 Å². The number of rotatable bonds is 5. The number of nitrogens with one attached hydrogen (secondary N) is 1. The largest absolute Gasteiger partial charge is 0.461 e. The third-order valence-corrected chi connectivity index (χ3v) is 3.69. The summed E-state index contributed by atoms with van der Waals surface area (Å²) in [5, 5.41) is 13.2. The van der Waals surface area contributed by atoms with E-state index in [4.69, 9.17) is 18.9 Å². The van der Waals surface area contributed by atoms with Gasteiger partial charge in [0.15, 0.2) is 6.10 Å². The van der Waals surface area contributed by atoms with Crippen LogP contribution in [0.25, 0.3) is 0 Å². The summed E-state index contributed by atoms with van der Waals surface area (Å²) in [5.74, 6) is -1.04. The Bertz CT molecular complexity index is 543. The molecule has 22 heavy (non-hydrogen) atoms. The van der Waals surface area contributed by atoms with Crippen LogP contribution >= 0.6 is 0 Å². The smallest absolute Gasteiger partial charge is 0.231 e. The minimum atomic E-state index is -1.40. The zero-order valence-corrected chi connectivity index (χ0v) is 13.1. The molecule has 0 saturated heterocycles. The molecule has 1 heterocycles. The Labute approximate surface area is 129 Å². The molecule has 0 aliphatic carbocycles. The second-order valence-electron chi connectivity index (χ2n) is 4.98. The SMILES string of the molecule is COC1Oc2ccc(CNC(C)=O)cc2C(OC)(OC)C1O. The van der Waals surface area contributed by atoms with Crippen LogP contribution in [0.4, 0.5) is 0 Å². The molecule has 122 valence electrons. The standard InChI is InChI=1S/C15H21NO6/c1-9(17)16-8-10-5-6-12-11(7-10)15(20-3,21-4)13(18)14(19-2)22-12/h5-7,13-14,18H,8H2,1-4H3,(H,16,17). The first-order valence-corrected chi connectivity index (χ1v) is 6.84. The van der Waals surface area contributed by atoms with Gasteiger partial charge in [-0.05, 0) is 17.7 Å². The number of carbonyl (C=O) groups excluding carboxylic acids is 1. The monoisotopic (exact) mass is 311 g/mol. The molecule has 0 radical (unpaired) electrons. The van der Waals surface area contributed by atoms with E-state index in [1.165, 1.54) is 28.3 Å². The lowest BCUT2D eigenvalue weighted by molar-refractivity contribution is -0.320. The maximum atomic E-state index is 11.0. The van der Waals surface area contributed by atoms with Crippen molar-refractivity contribution in [1.29, 1.82) is 0 Å². The molecule has 2 unspecified atom stereocenters. The summed E-state index contributed by atoms with van der Waals surface area (Å²) in [6.45, 7) is 1.80. The normalized spacial score (nSPS) is 22.6. The summed E-state index contributed by atoms with van der Waals surface area (Å²) < 4.78 is 21.7. The van der Waals surface area contributed by atoms with Gasteiger partial charge in [0.25, 0.3) is 0 Å². The van der Waals surface area contributed by atoms with Crippen molar-refractivity contribution in [2.24, 2.45) is 0 Å². The molecule has 0 bridgehead atoms. The molecular formula is C15H21NO6. The molecule has 0 fully saturated rings. The Morgan fingerprint density at radius 1 is 1.36 bits per heavy atom. The molecule has 2 atom stereocenters. The molecule has 2 rings (SSSR count). The highest BCUT2D eigenvalue weighted by Crippen LogP contribution is 2.43. The average molecular weight is 311 g/mol. The van der Waals surface area contributed by atoms with Gasteiger partial charge in [0.2, 0.25) is 18.0 Å². The lowest BCUT2D eigenvalue weighted by atomic mass is 9.93. The molecule has 0 saturated carbocycles. The summed E-state index contributed by atoms with van der Waals surface area (Å²) in [4.78, 5) is 11.0. The van der Waals surface area contributed by atoms with Crippen LogP contribution in [0.2, 0.25) is 0 Å². The van der Waals surface area contributed by atoms with Gasteiger partial charge in [-0.3, -0.25) is 4.79 Å². The molecule has 1 aromatic carbocycles. The molecule has 2 N–H and O–H groups in total. The van der Waals surface area contributed by atoms with E-state index in [-0.39, 0.29) is 5.91 Å². The van der Waals surface area contributed by atoms with Crippen LogP contribution < -0.4 is 10.1 Å². The third kappa shape index (κ3) is 2.80. The van der Waals surface area contributed by atoms with Crippen LogP contribution in [0.15, 0.2) is 18.2 Å². The second kappa shape index (κ2) is 6.62. The van der Waals surface area contributed by atoms with E-state index >= 15 is 0 Å². The van der Waals surface area contributed by atoms with Crippen molar-refractivity contribution in [2.45, 2.75) is 31.6 Å². The summed E-state index contributed by atoms with van der Waals surface area (Å²) in [7, 11) is 4.31. The number of fused-ring (bicyclic) bond motifs is 1. The Kier molecular flexibility index (Phi) is 5.02. The molecule has 1 aliphatic rings. The summed E-state index contributed by atoms with van der Waals surface area (Å²) in [5.41, 5.74) is 1.38. The van der Waals surface area contributed by atoms with Gasteiger partial charge in [0.05, 0.1) is 5.56 Å². The number of ether oxygens (including phenoxy) is 4. The number of hydrogen-bond acceptors (Lipinski definition) is 6. The van der Waals surface area contributed by atoms with Crippen molar-refractivity contribution in [1.82, 2.24) is 5.32 Å². The fraction of sp³-hybridized carbons (Fsp3) is 0.533. The fourth-order valence-corrected chi connectivity index (χ4v) is 2.54. The number of methoxy groups -OCH3 is 3. The van der Waals surface area contributed by atoms with Gasteiger partial charge < -0.3 is 29.4 Å². The molecule has 7 nitrogen and oxygen atoms in total. The lowest BCUT2D eigenvalue weighted by Crippen LogP contribution is -2.55. The van der Waals surface area contributed by atoms with Gasteiger partial charge in [-0.15, -0.1) is 0 Å². The van der Waals surface area contributed by atoms with Gasteiger partial charge in [-0.1, -0.05) is 6.07 Å². The van der Waals surface area contributed by atoms with E-state index in [1.54, 1.807) is 12.1 Å². The molecule has 1 amide bonds. The predicted octanol–water partition coefficient (Wildman–Crippen LogP) is 0.494. The second-order valence-corrected chi connectivity index (χ2v) is 4.98. The van der Waals surface area contributed by atoms with Crippen LogP contribution in [0.1, 0.15) is 18.1 Å². The first-order chi connectivity index (χ1) is 10.5. The molecule has 0 aromatic heterocycles.